The number of amides is 1. The average Bonchev–Trinajstić information content (AvgIpc) is 2.72. The third-order valence-corrected chi connectivity index (χ3v) is 3.75. The van der Waals surface area contributed by atoms with E-state index in [0.717, 1.165) is 19.3 Å². The molecule has 1 unspecified atom stereocenters. The van der Waals surface area contributed by atoms with Crippen LogP contribution in [0.5, 0.6) is 0 Å². The van der Waals surface area contributed by atoms with Crippen molar-refractivity contribution in [3.63, 3.8) is 0 Å². The van der Waals surface area contributed by atoms with Crippen molar-refractivity contribution in [1.82, 2.24) is 4.90 Å². The van der Waals surface area contributed by atoms with Gasteiger partial charge in [-0.3, -0.25) is 4.79 Å². The zero-order valence-corrected chi connectivity index (χ0v) is 11.4. The van der Waals surface area contributed by atoms with E-state index in [1.807, 2.05) is 18.2 Å². The number of nitrogens with two attached hydrogens (primary N) is 1. The predicted molar refractivity (Wildman–Crippen MR) is 75.0 cm³/mol. The Balaban J connectivity index is 2.18. The summed E-state index contributed by atoms with van der Waals surface area (Å²) in [5.74, 6) is -1.24. The molecule has 0 aliphatic carbocycles. The third-order valence-electron chi connectivity index (χ3n) is 3.75. The monoisotopic (exact) mass is 276 g/mol. The van der Waals surface area contributed by atoms with Crippen LogP contribution in [0.1, 0.15) is 37.3 Å². The lowest BCUT2D eigenvalue weighted by atomic mass is 10.0. The number of hydrogen-bond donors (Lipinski definition) is 2. The number of carbonyl (C=O) groups excluding carboxylic acids is 1. The molecule has 2 atom stereocenters. The summed E-state index contributed by atoms with van der Waals surface area (Å²) in [6.07, 6.45) is 3.12. The normalized spacial score (nSPS) is 21.1. The van der Waals surface area contributed by atoms with Crippen LogP contribution in [0, 0.1) is 0 Å². The summed E-state index contributed by atoms with van der Waals surface area (Å²) in [6.45, 7) is 0.469. The molecule has 1 heterocycles. The van der Waals surface area contributed by atoms with Crippen LogP contribution in [0.2, 0.25) is 0 Å². The quantitative estimate of drug-likeness (QED) is 0.877. The highest BCUT2D eigenvalue weighted by atomic mass is 16.4. The molecular weight excluding hydrogens is 256 g/mol. The molecule has 5 nitrogen and oxygen atoms in total. The Morgan fingerprint density at radius 1 is 1.20 bits per heavy atom. The fourth-order valence-corrected chi connectivity index (χ4v) is 2.61. The van der Waals surface area contributed by atoms with Crippen molar-refractivity contribution in [3.8, 4) is 0 Å². The topological polar surface area (TPSA) is 83.6 Å². The van der Waals surface area contributed by atoms with Crippen LogP contribution in [-0.4, -0.2) is 34.5 Å². The number of likely N-dealkylation sites (tertiary alicyclic amines) is 1. The molecule has 1 amide bonds. The van der Waals surface area contributed by atoms with Gasteiger partial charge in [0.1, 0.15) is 12.1 Å². The zero-order valence-electron chi connectivity index (χ0n) is 11.4. The number of benzene rings is 1. The van der Waals surface area contributed by atoms with Crippen molar-refractivity contribution in [1.29, 1.82) is 0 Å². The van der Waals surface area contributed by atoms with Crippen molar-refractivity contribution in [2.45, 2.75) is 37.8 Å². The molecule has 0 saturated carbocycles. The number of nitrogens with zero attached hydrogens (tertiary/aromatic N) is 1. The first-order valence-electron chi connectivity index (χ1n) is 6.95. The molecule has 0 radical (unpaired) electrons. The number of rotatable bonds is 3. The Kier molecular flexibility index (Phi) is 4.74. The molecule has 0 bridgehead atoms. The van der Waals surface area contributed by atoms with E-state index in [4.69, 9.17) is 5.73 Å². The molecule has 2 rings (SSSR count). The number of aliphatic carboxylic acids is 1. The van der Waals surface area contributed by atoms with Crippen molar-refractivity contribution < 1.29 is 14.7 Å². The maximum absolute atomic E-state index is 12.5. The van der Waals surface area contributed by atoms with Crippen LogP contribution in [-0.2, 0) is 9.59 Å². The number of carboxylic acid groups (broad SMARTS) is 1. The molecule has 1 saturated heterocycles. The minimum Gasteiger partial charge on any atom is -0.480 e. The van der Waals surface area contributed by atoms with Gasteiger partial charge in [-0.1, -0.05) is 43.2 Å². The van der Waals surface area contributed by atoms with Crippen LogP contribution in [0.3, 0.4) is 0 Å². The molecule has 5 heteroatoms. The highest BCUT2D eigenvalue weighted by Crippen LogP contribution is 2.21. The second-order valence-electron chi connectivity index (χ2n) is 5.12. The maximum atomic E-state index is 12.5. The summed E-state index contributed by atoms with van der Waals surface area (Å²) in [5, 5.41) is 9.30. The molecule has 1 fully saturated rings. The van der Waals surface area contributed by atoms with Gasteiger partial charge in [-0.25, -0.2) is 4.79 Å². The fourth-order valence-electron chi connectivity index (χ4n) is 2.61. The largest absolute Gasteiger partial charge is 0.480 e. The Bertz CT molecular complexity index is 475. The minimum atomic E-state index is -0.944. The van der Waals surface area contributed by atoms with Gasteiger partial charge in [0.05, 0.1) is 0 Å². The molecule has 0 aromatic heterocycles. The summed E-state index contributed by atoms with van der Waals surface area (Å²) in [7, 11) is 0. The Morgan fingerprint density at radius 2 is 1.90 bits per heavy atom. The highest BCUT2D eigenvalue weighted by Gasteiger charge is 2.33. The van der Waals surface area contributed by atoms with Gasteiger partial charge >= 0.3 is 5.97 Å². The maximum Gasteiger partial charge on any atom is 0.326 e. The first-order valence-corrected chi connectivity index (χ1v) is 6.95. The van der Waals surface area contributed by atoms with Crippen molar-refractivity contribution in [3.05, 3.63) is 35.9 Å². The number of carboxylic acids is 1. The van der Waals surface area contributed by atoms with Crippen molar-refractivity contribution >= 4 is 11.9 Å². The van der Waals surface area contributed by atoms with Gasteiger partial charge < -0.3 is 15.7 Å². The molecule has 1 aromatic rings. The van der Waals surface area contributed by atoms with E-state index in [1.54, 1.807) is 12.1 Å². The van der Waals surface area contributed by atoms with E-state index in [1.165, 1.54) is 4.90 Å². The average molecular weight is 276 g/mol. The van der Waals surface area contributed by atoms with Gasteiger partial charge in [0, 0.05) is 6.54 Å². The lowest BCUT2D eigenvalue weighted by Gasteiger charge is -2.29. The fraction of sp³-hybridized carbons (Fsp3) is 0.467. The summed E-state index contributed by atoms with van der Waals surface area (Å²) >= 11 is 0. The van der Waals surface area contributed by atoms with Gasteiger partial charge in [0.2, 0.25) is 5.91 Å². The standard InChI is InChI=1S/C15H20N2O3/c16-13(11-7-3-1-4-8-11)14(18)17-10-6-2-5-9-12(17)15(19)20/h1,3-4,7-8,12-13H,2,5-6,9-10,16H2,(H,19,20)/t12?,13-/m0/s1. The van der Waals surface area contributed by atoms with Gasteiger partial charge in [-0.15, -0.1) is 0 Å². The molecule has 108 valence electrons. The molecule has 20 heavy (non-hydrogen) atoms. The summed E-state index contributed by atoms with van der Waals surface area (Å²) < 4.78 is 0. The van der Waals surface area contributed by atoms with Crippen LogP contribution < -0.4 is 5.73 Å². The van der Waals surface area contributed by atoms with Crippen LogP contribution in [0.25, 0.3) is 0 Å². The molecule has 1 aliphatic heterocycles. The van der Waals surface area contributed by atoms with Gasteiger partial charge in [-0.2, -0.15) is 0 Å². The van der Waals surface area contributed by atoms with Gasteiger partial charge in [0.15, 0.2) is 0 Å². The van der Waals surface area contributed by atoms with Gasteiger partial charge in [-0.05, 0) is 18.4 Å². The number of hydrogen-bond acceptors (Lipinski definition) is 3. The summed E-state index contributed by atoms with van der Waals surface area (Å²) in [4.78, 5) is 25.3. The molecule has 3 N–H and O–H groups in total. The van der Waals surface area contributed by atoms with Gasteiger partial charge in [0.25, 0.3) is 0 Å². The molecule has 0 spiro atoms. The smallest absolute Gasteiger partial charge is 0.326 e. The summed E-state index contributed by atoms with van der Waals surface area (Å²) in [6, 6.07) is 7.52. The van der Waals surface area contributed by atoms with E-state index in [-0.39, 0.29) is 5.91 Å². The molecule has 1 aliphatic rings. The number of carbonyl (C=O) groups is 2. The summed E-state index contributed by atoms with van der Waals surface area (Å²) in [5.41, 5.74) is 6.71. The predicted octanol–water partition coefficient (Wildman–Crippen LogP) is 1.54. The minimum absolute atomic E-state index is 0.300. The van der Waals surface area contributed by atoms with E-state index >= 15 is 0 Å². The van der Waals surface area contributed by atoms with Crippen LogP contribution >= 0.6 is 0 Å². The first kappa shape index (κ1) is 14.5. The highest BCUT2D eigenvalue weighted by molar-refractivity contribution is 5.87. The molecule has 1 aromatic carbocycles. The van der Waals surface area contributed by atoms with E-state index in [2.05, 4.69) is 0 Å². The second kappa shape index (κ2) is 6.52. The Labute approximate surface area is 118 Å². The SMILES string of the molecule is N[C@H](C(=O)N1CCCCCC1C(=O)O)c1ccccc1. The molecular formula is C15H20N2O3. The lowest BCUT2D eigenvalue weighted by Crippen LogP contribution is -2.48. The van der Waals surface area contributed by atoms with Crippen LogP contribution in [0.4, 0.5) is 0 Å². The zero-order chi connectivity index (χ0) is 14.5. The van der Waals surface area contributed by atoms with Crippen molar-refractivity contribution in [2.24, 2.45) is 5.73 Å². The third kappa shape index (κ3) is 3.17. The Hall–Kier alpha value is -1.88. The Morgan fingerprint density at radius 3 is 2.55 bits per heavy atom. The lowest BCUT2D eigenvalue weighted by molar-refractivity contribution is -0.150. The van der Waals surface area contributed by atoms with E-state index in [0.29, 0.717) is 18.5 Å². The first-order chi connectivity index (χ1) is 9.61. The van der Waals surface area contributed by atoms with E-state index in [9.17, 15) is 14.7 Å². The van der Waals surface area contributed by atoms with E-state index < -0.39 is 18.1 Å². The van der Waals surface area contributed by atoms with Crippen LogP contribution in [0.15, 0.2) is 30.3 Å². The second-order valence-corrected chi connectivity index (χ2v) is 5.12. The van der Waals surface area contributed by atoms with Crippen molar-refractivity contribution in [2.75, 3.05) is 6.54 Å².